The molecule has 4 rings (SSSR count). The molecule has 0 bridgehead atoms. The first-order valence-electron chi connectivity index (χ1n) is 10.0. The Kier molecular flexibility index (Phi) is 5.36. The lowest BCUT2D eigenvalue weighted by Crippen LogP contribution is -2.83. The highest BCUT2D eigenvalue weighted by Gasteiger charge is 2.21. The molecule has 0 spiro atoms. The van der Waals surface area contributed by atoms with Gasteiger partial charge < -0.3 is 14.2 Å². The number of fused-ring (bicyclic) bond motifs is 1. The van der Waals surface area contributed by atoms with E-state index in [0.29, 0.717) is 18.0 Å². The highest BCUT2D eigenvalue weighted by atomic mass is 16.4. The molecule has 0 saturated carbocycles. The van der Waals surface area contributed by atoms with E-state index in [2.05, 4.69) is 44.3 Å². The molecule has 0 aliphatic rings. The molecule has 1 atom stereocenters. The quantitative estimate of drug-likeness (QED) is 0.488. The Morgan fingerprint density at radius 1 is 1.00 bits per heavy atom. The monoisotopic (exact) mass is 388 g/mol. The van der Waals surface area contributed by atoms with Gasteiger partial charge in [0.05, 0.1) is 6.26 Å². The molecule has 0 amide bonds. The summed E-state index contributed by atoms with van der Waals surface area (Å²) in [4.78, 5) is 12.2. The summed E-state index contributed by atoms with van der Waals surface area (Å²) >= 11 is 0. The number of quaternary nitrogens is 1. The van der Waals surface area contributed by atoms with Crippen LogP contribution in [0.4, 0.5) is 0 Å². The Morgan fingerprint density at radius 3 is 2.48 bits per heavy atom. The molecule has 0 unspecified atom stereocenters. The fraction of sp³-hybridized carbons (Fsp3) is 0.240. The van der Waals surface area contributed by atoms with Crippen LogP contribution < -0.4 is 10.9 Å². The molecule has 4 nitrogen and oxygen atoms in total. The lowest BCUT2D eigenvalue weighted by atomic mass is 9.94. The second-order valence-electron chi connectivity index (χ2n) is 7.79. The first kappa shape index (κ1) is 19.2. The maximum Gasteiger partial charge on any atom is 0.336 e. The van der Waals surface area contributed by atoms with Crippen molar-refractivity contribution in [2.75, 3.05) is 0 Å². The van der Waals surface area contributed by atoms with E-state index in [4.69, 9.17) is 8.83 Å². The van der Waals surface area contributed by atoms with Gasteiger partial charge in [-0.1, -0.05) is 44.2 Å². The molecule has 0 fully saturated rings. The highest BCUT2D eigenvalue weighted by Crippen LogP contribution is 2.27. The van der Waals surface area contributed by atoms with Gasteiger partial charge in [-0.25, -0.2) is 4.79 Å². The van der Waals surface area contributed by atoms with Crippen LogP contribution >= 0.6 is 0 Å². The Labute approximate surface area is 170 Å². The van der Waals surface area contributed by atoms with Crippen LogP contribution in [0.1, 0.15) is 53.8 Å². The van der Waals surface area contributed by atoms with E-state index in [1.54, 1.807) is 12.3 Å². The summed E-state index contributed by atoms with van der Waals surface area (Å²) in [7, 11) is 0. The molecular weight excluding hydrogens is 362 g/mol. The summed E-state index contributed by atoms with van der Waals surface area (Å²) < 4.78 is 11.2. The molecule has 0 aliphatic heterocycles. The normalized spacial score (nSPS) is 12.6. The summed E-state index contributed by atoms with van der Waals surface area (Å²) in [5, 5.41) is 3.21. The summed E-state index contributed by atoms with van der Waals surface area (Å²) in [6.45, 7) is 7.07. The minimum atomic E-state index is -0.313. The van der Waals surface area contributed by atoms with Crippen LogP contribution in [0.25, 0.3) is 11.0 Å². The van der Waals surface area contributed by atoms with Gasteiger partial charge in [0.1, 0.15) is 12.1 Å². The summed E-state index contributed by atoms with van der Waals surface area (Å²) in [6, 6.07) is 20.0. The van der Waals surface area contributed by atoms with Crippen molar-refractivity contribution in [2.45, 2.75) is 39.3 Å². The molecule has 4 heteroatoms. The molecule has 2 N–H and O–H groups in total. The SMILES string of the molecule is Cc1cc2oc(=O)cc(C[NH2+][C@@H](c3ccccc3)c3ccco3)c2cc1C(C)C. The zero-order valence-electron chi connectivity index (χ0n) is 17.0. The highest BCUT2D eigenvalue weighted by molar-refractivity contribution is 5.82. The summed E-state index contributed by atoms with van der Waals surface area (Å²) in [5.74, 6) is 1.30. The van der Waals surface area contributed by atoms with Gasteiger partial charge in [-0.3, -0.25) is 0 Å². The van der Waals surface area contributed by atoms with Gasteiger partial charge in [-0.2, -0.15) is 0 Å². The summed E-state index contributed by atoms with van der Waals surface area (Å²) in [5.41, 5.74) is 4.90. The smallest absolute Gasteiger partial charge is 0.336 e. The summed E-state index contributed by atoms with van der Waals surface area (Å²) in [6.07, 6.45) is 1.70. The zero-order valence-corrected chi connectivity index (χ0v) is 17.0. The van der Waals surface area contributed by atoms with Crippen molar-refractivity contribution in [1.82, 2.24) is 0 Å². The van der Waals surface area contributed by atoms with Crippen LogP contribution in [0.5, 0.6) is 0 Å². The van der Waals surface area contributed by atoms with Crippen molar-refractivity contribution >= 4 is 11.0 Å². The van der Waals surface area contributed by atoms with E-state index in [-0.39, 0.29) is 11.7 Å². The molecule has 4 aromatic rings. The Balaban J connectivity index is 1.73. The largest absolute Gasteiger partial charge is 0.463 e. The molecule has 0 radical (unpaired) electrons. The number of benzene rings is 2. The zero-order chi connectivity index (χ0) is 20.4. The van der Waals surface area contributed by atoms with Gasteiger partial charge in [0, 0.05) is 22.6 Å². The number of nitrogens with two attached hydrogens (primary N) is 1. The van der Waals surface area contributed by atoms with E-state index in [1.165, 1.54) is 5.56 Å². The third kappa shape index (κ3) is 4.03. The van der Waals surface area contributed by atoms with E-state index in [1.807, 2.05) is 36.4 Å². The molecule has 0 saturated heterocycles. The maximum atomic E-state index is 12.2. The Bertz CT molecular complexity index is 1160. The minimum absolute atomic E-state index is 0.0171. The van der Waals surface area contributed by atoms with Crippen molar-refractivity contribution < 1.29 is 14.2 Å². The molecule has 0 aliphatic carbocycles. The molecule has 29 heavy (non-hydrogen) atoms. The van der Waals surface area contributed by atoms with Gasteiger partial charge in [0.15, 0.2) is 11.8 Å². The van der Waals surface area contributed by atoms with Crippen molar-refractivity contribution in [3.63, 3.8) is 0 Å². The predicted molar refractivity (Wildman–Crippen MR) is 114 cm³/mol. The fourth-order valence-corrected chi connectivity index (χ4v) is 3.97. The molecule has 2 aromatic carbocycles. The minimum Gasteiger partial charge on any atom is -0.463 e. The number of furan rings is 1. The number of hydrogen-bond donors (Lipinski definition) is 1. The van der Waals surface area contributed by atoms with Crippen molar-refractivity contribution in [3.05, 3.63) is 105 Å². The number of rotatable bonds is 6. The molecule has 2 aromatic heterocycles. The second-order valence-corrected chi connectivity index (χ2v) is 7.79. The van der Waals surface area contributed by atoms with Crippen LogP contribution in [0.15, 0.2) is 80.6 Å². The second kappa shape index (κ2) is 8.10. The number of hydrogen-bond acceptors (Lipinski definition) is 3. The van der Waals surface area contributed by atoms with E-state index < -0.39 is 0 Å². The van der Waals surface area contributed by atoms with Crippen LogP contribution in [0.3, 0.4) is 0 Å². The standard InChI is InChI=1S/C25H25NO3/c1-16(2)20-14-21-19(13-24(27)29-23(21)12-17(20)3)15-26-25(22-10-7-11-28-22)18-8-5-4-6-9-18/h4-14,16,25-26H,15H2,1-3H3/p+1/t25-/m0/s1. The van der Waals surface area contributed by atoms with E-state index in [9.17, 15) is 4.79 Å². The predicted octanol–water partition coefficient (Wildman–Crippen LogP) is 4.67. The van der Waals surface area contributed by atoms with Crippen LogP contribution in [0.2, 0.25) is 0 Å². The fourth-order valence-electron chi connectivity index (χ4n) is 3.97. The van der Waals surface area contributed by atoms with Gasteiger partial charge in [-0.15, -0.1) is 0 Å². The van der Waals surface area contributed by atoms with E-state index >= 15 is 0 Å². The third-order valence-electron chi connectivity index (χ3n) is 5.42. The lowest BCUT2D eigenvalue weighted by molar-refractivity contribution is -0.704. The maximum absolute atomic E-state index is 12.2. The van der Waals surface area contributed by atoms with Gasteiger partial charge in [0.25, 0.3) is 0 Å². The average Bonchev–Trinajstić information content (AvgIpc) is 3.22. The topological polar surface area (TPSA) is 60.0 Å². The van der Waals surface area contributed by atoms with Crippen molar-refractivity contribution in [2.24, 2.45) is 0 Å². The van der Waals surface area contributed by atoms with Crippen molar-refractivity contribution in [1.29, 1.82) is 0 Å². The van der Waals surface area contributed by atoms with Crippen LogP contribution in [-0.2, 0) is 6.54 Å². The van der Waals surface area contributed by atoms with Gasteiger partial charge >= 0.3 is 5.63 Å². The number of aryl methyl sites for hydroxylation is 1. The molecule has 2 heterocycles. The average molecular weight is 388 g/mol. The first-order valence-corrected chi connectivity index (χ1v) is 10.0. The first-order chi connectivity index (χ1) is 14.0. The molecule has 148 valence electrons. The molecular formula is C25H26NO3+. The van der Waals surface area contributed by atoms with Gasteiger partial charge in [0.2, 0.25) is 0 Å². The van der Waals surface area contributed by atoms with Gasteiger partial charge in [-0.05, 0) is 48.2 Å². The van der Waals surface area contributed by atoms with Crippen molar-refractivity contribution in [3.8, 4) is 0 Å². The van der Waals surface area contributed by atoms with Crippen LogP contribution in [-0.4, -0.2) is 0 Å². The van der Waals surface area contributed by atoms with E-state index in [0.717, 1.165) is 27.8 Å². The lowest BCUT2D eigenvalue weighted by Gasteiger charge is -2.16. The third-order valence-corrected chi connectivity index (χ3v) is 5.42. The van der Waals surface area contributed by atoms with Crippen LogP contribution in [0, 0.1) is 6.92 Å². The Morgan fingerprint density at radius 2 is 1.79 bits per heavy atom. The Hall–Kier alpha value is -3.11.